The van der Waals surface area contributed by atoms with Crippen molar-refractivity contribution < 1.29 is 17.6 Å². The second-order valence-electron chi connectivity index (χ2n) is 8.92. The van der Waals surface area contributed by atoms with Crippen LogP contribution in [0.3, 0.4) is 0 Å². The minimum absolute atomic E-state index is 0.0354. The van der Waals surface area contributed by atoms with Crippen LogP contribution in [0.4, 0.5) is 4.39 Å². The number of fused-ring (bicyclic) bond motifs is 1. The molecule has 1 fully saturated rings. The molecule has 0 atom stereocenters. The normalized spacial score (nSPS) is 17.4. The van der Waals surface area contributed by atoms with Crippen LogP contribution in [-0.4, -0.2) is 56.8 Å². The smallest absolute Gasteiger partial charge is 0.240 e. The largest absolute Gasteiger partial charge is 0.341 e. The summed E-state index contributed by atoms with van der Waals surface area (Å²) in [5.41, 5.74) is 3.41. The van der Waals surface area contributed by atoms with Crippen LogP contribution in [-0.2, 0) is 34.2 Å². The maximum Gasteiger partial charge on any atom is 0.240 e. The predicted octanol–water partition coefficient (Wildman–Crippen LogP) is 3.11. The Kier molecular flexibility index (Phi) is 7.78. The van der Waals surface area contributed by atoms with Crippen LogP contribution >= 0.6 is 0 Å². The number of carbonyl (C=O) groups excluding carboxylic acids is 1. The van der Waals surface area contributed by atoms with Crippen LogP contribution < -0.4 is 4.72 Å². The molecule has 33 heavy (non-hydrogen) atoms. The van der Waals surface area contributed by atoms with Crippen molar-refractivity contribution in [2.75, 3.05) is 32.7 Å². The van der Waals surface area contributed by atoms with E-state index in [-0.39, 0.29) is 29.6 Å². The van der Waals surface area contributed by atoms with Crippen LogP contribution in [0, 0.1) is 5.82 Å². The zero-order valence-corrected chi connectivity index (χ0v) is 19.7. The van der Waals surface area contributed by atoms with Crippen molar-refractivity contribution in [1.29, 1.82) is 0 Å². The van der Waals surface area contributed by atoms with Crippen molar-refractivity contribution in [1.82, 2.24) is 14.5 Å². The van der Waals surface area contributed by atoms with Crippen molar-refractivity contribution in [3.05, 3.63) is 65.0 Å². The van der Waals surface area contributed by atoms with E-state index in [4.69, 9.17) is 0 Å². The van der Waals surface area contributed by atoms with E-state index in [2.05, 4.69) is 9.62 Å². The molecule has 0 radical (unpaired) electrons. The van der Waals surface area contributed by atoms with Gasteiger partial charge in [-0.15, -0.1) is 0 Å². The van der Waals surface area contributed by atoms with Gasteiger partial charge in [0.25, 0.3) is 0 Å². The lowest BCUT2D eigenvalue weighted by molar-refractivity contribution is -0.130. The number of aryl methyl sites for hydroxylation is 2. The van der Waals surface area contributed by atoms with E-state index in [9.17, 15) is 17.6 Å². The highest BCUT2D eigenvalue weighted by molar-refractivity contribution is 7.89. The van der Waals surface area contributed by atoms with Gasteiger partial charge >= 0.3 is 0 Å². The molecule has 0 spiro atoms. The van der Waals surface area contributed by atoms with Crippen LogP contribution in [0.25, 0.3) is 0 Å². The number of hydrogen-bond acceptors (Lipinski definition) is 4. The zero-order chi connectivity index (χ0) is 23.3. The highest BCUT2D eigenvalue weighted by Crippen LogP contribution is 2.24. The molecule has 0 saturated carbocycles. The molecule has 1 N–H and O–H groups in total. The number of benzene rings is 2. The Morgan fingerprint density at radius 1 is 0.909 bits per heavy atom. The number of amides is 1. The number of rotatable bonds is 7. The summed E-state index contributed by atoms with van der Waals surface area (Å²) >= 11 is 0. The number of nitrogens with zero attached hydrogens (tertiary/aromatic N) is 2. The van der Waals surface area contributed by atoms with Gasteiger partial charge in [-0.1, -0.05) is 18.2 Å². The van der Waals surface area contributed by atoms with E-state index in [1.165, 1.54) is 17.7 Å². The van der Waals surface area contributed by atoms with Gasteiger partial charge < -0.3 is 4.90 Å². The van der Waals surface area contributed by atoms with Gasteiger partial charge in [0.2, 0.25) is 15.9 Å². The fourth-order valence-corrected chi connectivity index (χ4v) is 5.72. The SMILES string of the molecule is O=C(CCNS(=O)(=O)c1ccc2c(c1)CCCC2)N1CCCN(Cc2ccc(F)cc2)CC1. The van der Waals surface area contributed by atoms with E-state index < -0.39 is 10.0 Å². The van der Waals surface area contributed by atoms with Gasteiger partial charge in [0, 0.05) is 45.7 Å². The van der Waals surface area contributed by atoms with Crippen molar-refractivity contribution in [3.8, 4) is 0 Å². The van der Waals surface area contributed by atoms with Gasteiger partial charge in [0.1, 0.15) is 5.82 Å². The molecular formula is C25H32FN3O3S. The Balaban J connectivity index is 1.25. The number of sulfonamides is 1. The topological polar surface area (TPSA) is 69.7 Å². The fourth-order valence-electron chi connectivity index (χ4n) is 4.64. The lowest BCUT2D eigenvalue weighted by Gasteiger charge is -2.22. The molecule has 1 heterocycles. The highest BCUT2D eigenvalue weighted by atomic mass is 32.2. The first-order valence-corrected chi connectivity index (χ1v) is 13.2. The van der Waals surface area contributed by atoms with Gasteiger partial charge in [-0.3, -0.25) is 9.69 Å². The minimum atomic E-state index is -3.63. The van der Waals surface area contributed by atoms with Crippen LogP contribution in [0.15, 0.2) is 47.4 Å². The van der Waals surface area contributed by atoms with Gasteiger partial charge in [-0.25, -0.2) is 17.5 Å². The standard InChI is InChI=1S/C25H32FN3O3S/c26-23-9-6-20(7-10-23)19-28-14-3-15-29(17-16-28)25(30)12-13-27-33(31,32)24-11-8-21-4-1-2-5-22(21)18-24/h6-11,18,27H,1-5,12-17,19H2. The van der Waals surface area contributed by atoms with Crippen molar-refractivity contribution >= 4 is 15.9 Å². The molecule has 0 aromatic heterocycles. The van der Waals surface area contributed by atoms with Crippen molar-refractivity contribution in [3.63, 3.8) is 0 Å². The third-order valence-electron chi connectivity index (χ3n) is 6.52. The summed E-state index contributed by atoms with van der Waals surface area (Å²) in [5.74, 6) is -0.277. The lowest BCUT2D eigenvalue weighted by atomic mass is 9.92. The molecule has 1 aliphatic heterocycles. The monoisotopic (exact) mass is 473 g/mol. The number of halogens is 1. The number of nitrogens with one attached hydrogen (secondary N) is 1. The summed E-state index contributed by atoms with van der Waals surface area (Å²) < 4.78 is 41.1. The Bertz CT molecular complexity index is 1070. The second kappa shape index (κ2) is 10.8. The molecular weight excluding hydrogens is 441 g/mol. The number of carbonyl (C=O) groups is 1. The summed E-state index contributed by atoms with van der Waals surface area (Å²) in [6.45, 7) is 3.70. The van der Waals surface area contributed by atoms with E-state index in [0.717, 1.165) is 62.9 Å². The third-order valence-corrected chi connectivity index (χ3v) is 7.98. The molecule has 8 heteroatoms. The quantitative estimate of drug-likeness (QED) is 0.671. The van der Waals surface area contributed by atoms with Crippen LogP contribution in [0.2, 0.25) is 0 Å². The van der Waals surface area contributed by atoms with Crippen molar-refractivity contribution in [2.45, 2.75) is 50.0 Å². The molecule has 4 rings (SSSR count). The first-order chi connectivity index (χ1) is 15.9. The molecule has 1 aliphatic carbocycles. The number of hydrogen-bond donors (Lipinski definition) is 1. The van der Waals surface area contributed by atoms with Crippen LogP contribution in [0.5, 0.6) is 0 Å². The second-order valence-corrected chi connectivity index (χ2v) is 10.7. The van der Waals surface area contributed by atoms with E-state index in [1.54, 1.807) is 24.3 Å². The van der Waals surface area contributed by atoms with E-state index in [0.29, 0.717) is 13.1 Å². The van der Waals surface area contributed by atoms with Gasteiger partial charge in [-0.05, 0) is 73.1 Å². The first-order valence-electron chi connectivity index (χ1n) is 11.8. The Morgan fingerprint density at radius 3 is 2.45 bits per heavy atom. The maximum absolute atomic E-state index is 13.1. The summed E-state index contributed by atoms with van der Waals surface area (Å²) in [4.78, 5) is 17.1. The lowest BCUT2D eigenvalue weighted by Crippen LogP contribution is -2.37. The molecule has 1 amide bonds. The molecule has 2 aliphatic rings. The molecule has 0 unspecified atom stereocenters. The Hall–Kier alpha value is -2.29. The molecule has 2 aromatic carbocycles. The minimum Gasteiger partial charge on any atom is -0.341 e. The molecule has 1 saturated heterocycles. The molecule has 178 valence electrons. The molecule has 0 bridgehead atoms. The first kappa shape index (κ1) is 23.9. The predicted molar refractivity (Wildman–Crippen MR) is 126 cm³/mol. The van der Waals surface area contributed by atoms with Gasteiger partial charge in [0.05, 0.1) is 4.90 Å². The zero-order valence-electron chi connectivity index (χ0n) is 18.9. The van der Waals surface area contributed by atoms with Gasteiger partial charge in [0.15, 0.2) is 0 Å². The van der Waals surface area contributed by atoms with E-state index >= 15 is 0 Å². The Labute approximate surface area is 195 Å². The third kappa shape index (κ3) is 6.40. The Morgan fingerprint density at radius 2 is 1.67 bits per heavy atom. The average Bonchev–Trinajstić information content (AvgIpc) is 3.06. The fraction of sp³-hybridized carbons (Fsp3) is 0.480. The molecule has 6 nitrogen and oxygen atoms in total. The van der Waals surface area contributed by atoms with E-state index in [1.807, 2.05) is 11.0 Å². The molecule has 2 aromatic rings. The van der Waals surface area contributed by atoms with Crippen LogP contribution in [0.1, 0.15) is 42.4 Å². The maximum atomic E-state index is 13.1. The summed E-state index contributed by atoms with van der Waals surface area (Å²) in [5, 5.41) is 0. The highest BCUT2D eigenvalue weighted by Gasteiger charge is 2.21. The van der Waals surface area contributed by atoms with Crippen molar-refractivity contribution in [2.24, 2.45) is 0 Å². The van der Waals surface area contributed by atoms with Gasteiger partial charge in [-0.2, -0.15) is 0 Å². The summed E-state index contributed by atoms with van der Waals surface area (Å²) in [6.07, 6.45) is 5.17. The average molecular weight is 474 g/mol. The summed E-state index contributed by atoms with van der Waals surface area (Å²) in [7, 11) is -3.63. The summed E-state index contributed by atoms with van der Waals surface area (Å²) in [6, 6.07) is 11.9.